The first-order valence-electron chi connectivity index (χ1n) is 15.9. The van der Waals surface area contributed by atoms with Gasteiger partial charge in [0.05, 0.1) is 11.8 Å². The van der Waals surface area contributed by atoms with Crippen LogP contribution >= 0.6 is 0 Å². The van der Waals surface area contributed by atoms with Crippen LogP contribution < -0.4 is 29.3 Å². The van der Waals surface area contributed by atoms with Crippen LogP contribution in [0.25, 0.3) is 0 Å². The predicted molar refractivity (Wildman–Crippen MR) is 178 cm³/mol. The molecule has 0 spiro atoms. The molecule has 0 saturated carbocycles. The molecule has 4 aromatic carbocycles. The number of nitrogens with one attached hydrogen (secondary N) is 1. The maximum atomic E-state index is 13.7. The van der Waals surface area contributed by atoms with Crippen molar-refractivity contribution in [2.45, 2.75) is 39.5 Å². The van der Waals surface area contributed by atoms with E-state index in [1.165, 1.54) is 11.1 Å². The normalized spacial score (nSPS) is 15.8. The van der Waals surface area contributed by atoms with Gasteiger partial charge in [-0.2, -0.15) is 0 Å². The Morgan fingerprint density at radius 2 is 1.67 bits per heavy atom. The summed E-state index contributed by atoms with van der Waals surface area (Å²) in [5.74, 6) is 2.59. The predicted octanol–water partition coefficient (Wildman–Crippen LogP) is 6.34. The van der Waals surface area contributed by atoms with Crippen molar-refractivity contribution in [3.63, 3.8) is 0 Å². The molecule has 3 heterocycles. The molecule has 3 aliphatic rings. The molecule has 1 N–H and O–H groups in total. The van der Waals surface area contributed by atoms with Gasteiger partial charge in [-0.3, -0.25) is 9.69 Å². The molecule has 4 aromatic rings. The molecule has 8 nitrogen and oxygen atoms in total. The SMILES string of the molecule is CC(C)Oc1ccccc1N1CCN(Cc2cccc(C(=O)N3CCc4cc(NCc5ccc6c(c5)OCO6)ccc43)c2)CC1. The van der Waals surface area contributed by atoms with Crippen molar-refractivity contribution in [3.05, 3.63) is 107 Å². The maximum absolute atomic E-state index is 13.7. The van der Waals surface area contributed by atoms with E-state index in [9.17, 15) is 4.79 Å². The molecular formula is C37H40N4O4. The van der Waals surface area contributed by atoms with E-state index in [1.807, 2.05) is 41.3 Å². The van der Waals surface area contributed by atoms with E-state index in [2.05, 4.69) is 77.5 Å². The summed E-state index contributed by atoms with van der Waals surface area (Å²) in [6.07, 6.45) is 0.986. The second-order valence-electron chi connectivity index (χ2n) is 12.2. The number of nitrogens with zero attached hydrogens (tertiary/aromatic N) is 3. The van der Waals surface area contributed by atoms with Gasteiger partial charge in [-0.1, -0.05) is 30.3 Å². The van der Waals surface area contributed by atoms with Crippen LogP contribution in [0.4, 0.5) is 17.1 Å². The van der Waals surface area contributed by atoms with Crippen molar-refractivity contribution in [2.24, 2.45) is 0 Å². The summed E-state index contributed by atoms with van der Waals surface area (Å²) < 4.78 is 17.0. The van der Waals surface area contributed by atoms with E-state index in [0.29, 0.717) is 13.1 Å². The first kappa shape index (κ1) is 29.0. The Bertz CT molecular complexity index is 1680. The fraction of sp³-hybridized carbons (Fsp3) is 0.324. The zero-order valence-electron chi connectivity index (χ0n) is 26.0. The maximum Gasteiger partial charge on any atom is 0.258 e. The monoisotopic (exact) mass is 604 g/mol. The minimum atomic E-state index is 0.0586. The van der Waals surface area contributed by atoms with Crippen molar-refractivity contribution < 1.29 is 19.0 Å². The largest absolute Gasteiger partial charge is 0.489 e. The Labute approximate surface area is 265 Å². The number of piperazine rings is 1. The van der Waals surface area contributed by atoms with Crippen LogP contribution in [0.3, 0.4) is 0 Å². The molecule has 0 unspecified atom stereocenters. The highest BCUT2D eigenvalue weighted by Crippen LogP contribution is 2.34. The van der Waals surface area contributed by atoms with Gasteiger partial charge in [-0.15, -0.1) is 0 Å². The lowest BCUT2D eigenvalue weighted by molar-refractivity contribution is 0.0989. The molecule has 0 bridgehead atoms. The first-order valence-corrected chi connectivity index (χ1v) is 15.9. The highest BCUT2D eigenvalue weighted by atomic mass is 16.7. The van der Waals surface area contributed by atoms with E-state index in [0.717, 1.165) is 84.6 Å². The van der Waals surface area contributed by atoms with E-state index in [-0.39, 0.29) is 18.8 Å². The Morgan fingerprint density at radius 1 is 0.822 bits per heavy atom. The number of carbonyl (C=O) groups excluding carboxylic acids is 1. The zero-order chi connectivity index (χ0) is 30.8. The third-order valence-corrected chi connectivity index (χ3v) is 8.67. The summed E-state index contributed by atoms with van der Waals surface area (Å²) in [6.45, 7) is 10.4. The Hall–Kier alpha value is -4.69. The third kappa shape index (κ3) is 6.42. The lowest BCUT2D eigenvalue weighted by atomic mass is 10.1. The van der Waals surface area contributed by atoms with Crippen LogP contribution in [0.2, 0.25) is 0 Å². The van der Waals surface area contributed by atoms with Gasteiger partial charge >= 0.3 is 0 Å². The van der Waals surface area contributed by atoms with Gasteiger partial charge in [-0.05, 0) is 91.6 Å². The van der Waals surface area contributed by atoms with Crippen LogP contribution in [0.15, 0.2) is 84.9 Å². The highest BCUT2D eigenvalue weighted by Gasteiger charge is 2.26. The Morgan fingerprint density at radius 3 is 2.53 bits per heavy atom. The second kappa shape index (κ2) is 12.7. The standard InChI is InChI=1S/C37H40N4O4/c1-26(2)45-34-9-4-3-8-33(34)40-18-16-39(17-19-40)24-28-6-5-7-30(20-28)37(42)41-15-14-29-22-31(11-12-32(29)41)38-23-27-10-13-35-36(21-27)44-25-43-35/h3-13,20-22,26,38H,14-19,23-25H2,1-2H3. The first-order chi connectivity index (χ1) is 22.0. The quantitative estimate of drug-likeness (QED) is 0.239. The number of anilines is 3. The minimum absolute atomic E-state index is 0.0586. The van der Waals surface area contributed by atoms with Crippen molar-refractivity contribution in [3.8, 4) is 17.2 Å². The lowest BCUT2D eigenvalue weighted by Crippen LogP contribution is -2.46. The number of carbonyl (C=O) groups is 1. The number of para-hydroxylation sites is 2. The molecule has 1 saturated heterocycles. The fourth-order valence-electron chi connectivity index (χ4n) is 6.41. The number of rotatable bonds is 9. The number of benzene rings is 4. The van der Waals surface area contributed by atoms with Crippen LogP contribution in [0, 0.1) is 0 Å². The van der Waals surface area contributed by atoms with Gasteiger partial charge in [0.15, 0.2) is 11.5 Å². The molecule has 45 heavy (non-hydrogen) atoms. The summed E-state index contributed by atoms with van der Waals surface area (Å²) in [5, 5.41) is 3.51. The summed E-state index contributed by atoms with van der Waals surface area (Å²) in [4.78, 5) is 20.5. The van der Waals surface area contributed by atoms with Gasteiger partial charge in [0.25, 0.3) is 5.91 Å². The average Bonchev–Trinajstić information content (AvgIpc) is 3.71. The average molecular weight is 605 g/mol. The summed E-state index contributed by atoms with van der Waals surface area (Å²) >= 11 is 0. The molecule has 0 aromatic heterocycles. The van der Waals surface area contributed by atoms with Crippen molar-refractivity contribution in [1.29, 1.82) is 0 Å². The zero-order valence-corrected chi connectivity index (χ0v) is 26.0. The summed E-state index contributed by atoms with van der Waals surface area (Å²) in [7, 11) is 0. The molecule has 3 aliphatic heterocycles. The number of amides is 1. The number of hydrogen-bond donors (Lipinski definition) is 1. The molecule has 0 aliphatic carbocycles. The van der Waals surface area contributed by atoms with E-state index >= 15 is 0 Å². The smallest absolute Gasteiger partial charge is 0.258 e. The van der Waals surface area contributed by atoms with Crippen LogP contribution in [-0.4, -0.2) is 56.4 Å². The molecular weight excluding hydrogens is 564 g/mol. The number of hydrogen-bond acceptors (Lipinski definition) is 7. The van der Waals surface area contributed by atoms with Crippen LogP contribution in [-0.2, 0) is 19.5 Å². The number of ether oxygens (including phenoxy) is 3. The molecule has 8 heteroatoms. The van der Waals surface area contributed by atoms with Crippen LogP contribution in [0.1, 0.15) is 40.9 Å². The molecule has 0 atom stereocenters. The van der Waals surface area contributed by atoms with Crippen molar-refractivity contribution in [2.75, 3.05) is 54.6 Å². The van der Waals surface area contributed by atoms with Crippen molar-refractivity contribution >= 4 is 23.0 Å². The summed E-state index contributed by atoms with van der Waals surface area (Å²) in [5.41, 5.74) is 7.42. The van der Waals surface area contributed by atoms with Gasteiger partial charge in [0.1, 0.15) is 5.75 Å². The fourth-order valence-corrected chi connectivity index (χ4v) is 6.41. The van der Waals surface area contributed by atoms with Crippen LogP contribution in [0.5, 0.6) is 17.2 Å². The molecule has 232 valence electrons. The van der Waals surface area contributed by atoms with E-state index in [4.69, 9.17) is 14.2 Å². The van der Waals surface area contributed by atoms with Gasteiger partial charge in [0.2, 0.25) is 6.79 Å². The van der Waals surface area contributed by atoms with Gasteiger partial charge < -0.3 is 29.3 Å². The van der Waals surface area contributed by atoms with E-state index < -0.39 is 0 Å². The molecule has 7 rings (SSSR count). The number of fused-ring (bicyclic) bond motifs is 2. The minimum Gasteiger partial charge on any atom is -0.489 e. The topological polar surface area (TPSA) is 66.5 Å². The molecule has 0 radical (unpaired) electrons. The highest BCUT2D eigenvalue weighted by molar-refractivity contribution is 6.07. The van der Waals surface area contributed by atoms with Gasteiger partial charge in [-0.25, -0.2) is 0 Å². The third-order valence-electron chi connectivity index (χ3n) is 8.67. The molecule has 1 amide bonds. The Balaban J connectivity index is 0.955. The molecule has 1 fully saturated rings. The lowest BCUT2D eigenvalue weighted by Gasteiger charge is -2.37. The van der Waals surface area contributed by atoms with Crippen molar-refractivity contribution in [1.82, 2.24) is 4.90 Å². The Kier molecular flexibility index (Phi) is 8.22. The second-order valence-corrected chi connectivity index (χ2v) is 12.2. The van der Waals surface area contributed by atoms with Gasteiger partial charge in [0, 0.05) is 62.8 Å². The summed E-state index contributed by atoms with van der Waals surface area (Å²) in [6, 6.07) is 28.8. The van der Waals surface area contributed by atoms with E-state index in [1.54, 1.807) is 0 Å².